The first-order chi connectivity index (χ1) is 15.1. The second kappa shape index (κ2) is 9.01. The van der Waals surface area contributed by atoms with Crippen LogP contribution in [0.3, 0.4) is 0 Å². The molecule has 182 valence electrons. The van der Waals surface area contributed by atoms with E-state index in [0.717, 1.165) is 29.3 Å². The zero-order valence-corrected chi connectivity index (χ0v) is 21.3. The van der Waals surface area contributed by atoms with Crippen LogP contribution in [0, 0.1) is 0 Å². The number of fused-ring (bicyclic) bond motifs is 1. The van der Waals surface area contributed by atoms with Crippen molar-refractivity contribution in [1.82, 2.24) is 20.5 Å². The Hall–Kier alpha value is -2.54. The quantitative estimate of drug-likeness (QED) is 0.634. The number of nitrogens with one attached hydrogen (secondary N) is 3. The topological polar surface area (TPSA) is 84.4 Å². The van der Waals surface area contributed by atoms with Crippen LogP contribution in [0.15, 0.2) is 30.5 Å². The van der Waals surface area contributed by atoms with Crippen molar-refractivity contribution >= 4 is 22.9 Å². The van der Waals surface area contributed by atoms with Crippen molar-refractivity contribution in [3.05, 3.63) is 36.0 Å². The molecule has 1 atom stereocenters. The summed E-state index contributed by atoms with van der Waals surface area (Å²) in [5.41, 5.74) is 1.27. The predicted octanol–water partition coefficient (Wildman–Crippen LogP) is 4.04. The zero-order chi connectivity index (χ0) is 24.6. The molecule has 0 bridgehead atoms. The standard InChI is InChI=1S/C26H40N4O3/c1-24(2,3)33-23(32)28-20(13-17-16-30(8)21-12-10-9-11-19(17)21)22(31)27-18-14-25(4,5)29-26(6,7)15-18/h9-12,16,18,20,29H,13-15H2,1-8H3,(H,27,31)(H,28,32)/t20-/m0/s1. The number of carbonyl (C=O) groups is 2. The molecule has 33 heavy (non-hydrogen) atoms. The number of rotatable bonds is 5. The number of aromatic nitrogens is 1. The van der Waals surface area contributed by atoms with E-state index < -0.39 is 17.7 Å². The molecule has 3 rings (SSSR count). The Morgan fingerprint density at radius 2 is 1.76 bits per heavy atom. The van der Waals surface area contributed by atoms with Crippen LogP contribution in [0.1, 0.15) is 66.9 Å². The number of para-hydroxylation sites is 1. The Kier molecular flexibility index (Phi) is 6.85. The summed E-state index contributed by atoms with van der Waals surface area (Å²) < 4.78 is 7.51. The minimum atomic E-state index is -0.744. The molecule has 1 aromatic carbocycles. The summed E-state index contributed by atoms with van der Waals surface area (Å²) in [5, 5.41) is 10.8. The van der Waals surface area contributed by atoms with Crippen LogP contribution in [0.2, 0.25) is 0 Å². The number of alkyl carbamates (subject to hydrolysis) is 1. The number of piperidine rings is 1. The van der Waals surface area contributed by atoms with Crippen LogP contribution in [0.5, 0.6) is 0 Å². The molecule has 0 aliphatic carbocycles. The number of amides is 2. The van der Waals surface area contributed by atoms with Crippen molar-refractivity contribution in [3.8, 4) is 0 Å². The SMILES string of the molecule is Cn1cc(C[C@H](NC(=O)OC(C)(C)C)C(=O)NC2CC(C)(C)NC(C)(C)C2)c2ccccc21. The highest BCUT2D eigenvalue weighted by Gasteiger charge is 2.39. The number of hydrogen-bond acceptors (Lipinski definition) is 4. The van der Waals surface area contributed by atoms with Gasteiger partial charge in [-0.3, -0.25) is 4.79 Å². The van der Waals surface area contributed by atoms with Crippen molar-refractivity contribution in [3.63, 3.8) is 0 Å². The molecule has 1 fully saturated rings. The fourth-order valence-corrected chi connectivity index (χ4v) is 5.19. The highest BCUT2D eigenvalue weighted by molar-refractivity contribution is 5.88. The van der Waals surface area contributed by atoms with Gasteiger partial charge in [-0.2, -0.15) is 0 Å². The molecule has 2 amide bonds. The number of nitrogens with zero attached hydrogens (tertiary/aromatic N) is 1. The van der Waals surface area contributed by atoms with Crippen molar-refractivity contribution < 1.29 is 14.3 Å². The summed E-state index contributed by atoms with van der Waals surface area (Å²) in [7, 11) is 1.99. The van der Waals surface area contributed by atoms with Crippen LogP contribution in [-0.4, -0.2) is 45.3 Å². The molecule has 0 unspecified atom stereocenters. The van der Waals surface area contributed by atoms with E-state index in [1.54, 1.807) is 0 Å². The third-order valence-electron chi connectivity index (χ3n) is 5.95. The Bertz CT molecular complexity index is 1000. The van der Waals surface area contributed by atoms with E-state index in [2.05, 4.69) is 43.6 Å². The molecule has 2 aromatic rings. The van der Waals surface area contributed by atoms with E-state index in [-0.39, 0.29) is 23.0 Å². The molecule has 7 nitrogen and oxygen atoms in total. The molecule has 1 aliphatic rings. The maximum absolute atomic E-state index is 13.5. The maximum atomic E-state index is 13.5. The third kappa shape index (κ3) is 6.73. The van der Waals surface area contributed by atoms with E-state index in [0.29, 0.717) is 6.42 Å². The third-order valence-corrected chi connectivity index (χ3v) is 5.95. The van der Waals surface area contributed by atoms with Gasteiger partial charge >= 0.3 is 6.09 Å². The molecule has 2 heterocycles. The Morgan fingerprint density at radius 3 is 2.36 bits per heavy atom. The Balaban J connectivity index is 1.83. The lowest BCUT2D eigenvalue weighted by Crippen LogP contribution is -2.63. The van der Waals surface area contributed by atoms with E-state index in [9.17, 15) is 9.59 Å². The highest BCUT2D eigenvalue weighted by Crippen LogP contribution is 2.29. The van der Waals surface area contributed by atoms with Crippen LogP contribution in [-0.2, 0) is 23.0 Å². The van der Waals surface area contributed by atoms with Gasteiger partial charge < -0.3 is 25.3 Å². The van der Waals surface area contributed by atoms with Crippen molar-refractivity contribution in [1.29, 1.82) is 0 Å². The number of aryl methyl sites for hydroxylation is 1. The summed E-state index contributed by atoms with van der Waals surface area (Å²) >= 11 is 0. The van der Waals surface area contributed by atoms with Crippen molar-refractivity contribution in [2.45, 2.75) is 96.5 Å². The molecule has 1 saturated heterocycles. The average molecular weight is 457 g/mol. The minimum absolute atomic E-state index is 0.0132. The maximum Gasteiger partial charge on any atom is 0.408 e. The van der Waals surface area contributed by atoms with Crippen LogP contribution < -0.4 is 16.0 Å². The molecule has 7 heteroatoms. The monoisotopic (exact) mass is 456 g/mol. The minimum Gasteiger partial charge on any atom is -0.444 e. The van der Waals surface area contributed by atoms with Gasteiger partial charge in [0.2, 0.25) is 5.91 Å². The van der Waals surface area contributed by atoms with Gasteiger partial charge in [0.05, 0.1) is 0 Å². The molecule has 1 aromatic heterocycles. The second-order valence-electron chi connectivity index (χ2n) is 11.7. The van der Waals surface area contributed by atoms with Gasteiger partial charge in [-0.15, -0.1) is 0 Å². The normalized spacial score (nSPS) is 19.2. The number of benzene rings is 1. The summed E-state index contributed by atoms with van der Waals surface area (Å²) in [4.78, 5) is 26.1. The number of ether oxygens (including phenoxy) is 1. The lowest BCUT2D eigenvalue weighted by atomic mass is 9.79. The van der Waals surface area contributed by atoms with Crippen LogP contribution >= 0.6 is 0 Å². The molecule has 1 aliphatic heterocycles. The first kappa shape index (κ1) is 25.1. The van der Waals surface area contributed by atoms with Gasteiger partial charge in [0.25, 0.3) is 0 Å². The molecular weight excluding hydrogens is 416 g/mol. The molecular formula is C26H40N4O3. The number of hydrogen-bond donors (Lipinski definition) is 3. The van der Waals surface area contributed by atoms with Crippen molar-refractivity contribution in [2.24, 2.45) is 7.05 Å². The smallest absolute Gasteiger partial charge is 0.408 e. The fourth-order valence-electron chi connectivity index (χ4n) is 5.19. The summed E-state index contributed by atoms with van der Waals surface area (Å²) in [6.07, 6.45) is 3.45. The predicted molar refractivity (Wildman–Crippen MR) is 132 cm³/mol. The zero-order valence-electron chi connectivity index (χ0n) is 21.3. The lowest BCUT2D eigenvalue weighted by Gasteiger charge is -2.46. The van der Waals surface area contributed by atoms with Crippen molar-refractivity contribution in [2.75, 3.05) is 0 Å². The highest BCUT2D eigenvalue weighted by atomic mass is 16.6. The largest absolute Gasteiger partial charge is 0.444 e. The van der Waals surface area contributed by atoms with Gasteiger partial charge in [0.1, 0.15) is 11.6 Å². The van der Waals surface area contributed by atoms with Gasteiger partial charge in [-0.1, -0.05) is 18.2 Å². The summed E-state index contributed by atoms with van der Waals surface area (Å²) in [5.74, 6) is -0.188. The van der Waals surface area contributed by atoms with Gasteiger partial charge in [-0.25, -0.2) is 4.79 Å². The van der Waals surface area contributed by atoms with Crippen LogP contribution in [0.4, 0.5) is 4.79 Å². The lowest BCUT2D eigenvalue weighted by molar-refractivity contribution is -0.124. The average Bonchev–Trinajstić information content (AvgIpc) is 2.93. The number of carbonyl (C=O) groups excluding carboxylic acids is 2. The van der Waals surface area contributed by atoms with Gasteiger partial charge in [0.15, 0.2) is 0 Å². The van der Waals surface area contributed by atoms with E-state index in [1.165, 1.54) is 0 Å². The molecule has 0 radical (unpaired) electrons. The molecule has 3 N–H and O–H groups in total. The first-order valence-electron chi connectivity index (χ1n) is 11.8. The Labute approximate surface area is 197 Å². The molecule has 0 spiro atoms. The second-order valence-corrected chi connectivity index (χ2v) is 11.7. The first-order valence-corrected chi connectivity index (χ1v) is 11.8. The van der Waals surface area contributed by atoms with E-state index in [1.807, 2.05) is 62.8 Å². The van der Waals surface area contributed by atoms with Gasteiger partial charge in [0, 0.05) is 47.7 Å². The van der Waals surface area contributed by atoms with Gasteiger partial charge in [-0.05, 0) is 72.9 Å². The Morgan fingerprint density at radius 1 is 1.15 bits per heavy atom. The van der Waals surface area contributed by atoms with E-state index >= 15 is 0 Å². The molecule has 0 saturated carbocycles. The summed E-state index contributed by atoms with van der Waals surface area (Å²) in [6, 6.07) is 7.35. The van der Waals surface area contributed by atoms with E-state index in [4.69, 9.17) is 4.74 Å². The van der Waals surface area contributed by atoms with Crippen LogP contribution in [0.25, 0.3) is 10.9 Å². The summed E-state index contributed by atoms with van der Waals surface area (Å²) in [6.45, 7) is 14.0. The fraction of sp³-hybridized carbons (Fsp3) is 0.615.